The second-order valence-corrected chi connectivity index (χ2v) is 5.32. The lowest BCUT2D eigenvalue weighted by molar-refractivity contribution is -0.384. The molecule has 0 bridgehead atoms. The van der Waals surface area contributed by atoms with Gasteiger partial charge in [-0.3, -0.25) is 14.9 Å². The Morgan fingerprint density at radius 2 is 2.04 bits per heavy atom. The van der Waals surface area contributed by atoms with Gasteiger partial charge in [0.25, 0.3) is 11.6 Å². The van der Waals surface area contributed by atoms with Gasteiger partial charge in [0.1, 0.15) is 0 Å². The molecule has 2 N–H and O–H groups in total. The number of hydrogen-bond acceptors (Lipinski definition) is 5. The number of anilines is 1. The maximum absolute atomic E-state index is 11.8. The third-order valence-electron chi connectivity index (χ3n) is 3.31. The number of non-ortho nitro benzene ring substituents is 1. The molecule has 0 heterocycles. The van der Waals surface area contributed by atoms with Crippen LogP contribution in [0.2, 0.25) is 0 Å². The second kappa shape index (κ2) is 7.87. The van der Waals surface area contributed by atoms with Gasteiger partial charge in [-0.05, 0) is 25.5 Å². The Balaban J connectivity index is 1.86. The van der Waals surface area contributed by atoms with Crippen molar-refractivity contribution in [2.45, 2.75) is 13.8 Å². The minimum atomic E-state index is -0.482. The molecule has 0 unspecified atom stereocenters. The third-order valence-corrected chi connectivity index (χ3v) is 3.31. The molecule has 0 atom stereocenters. The molecular formula is C17H18N4O3. The highest BCUT2D eigenvalue weighted by Crippen LogP contribution is 2.15. The molecule has 1 amide bonds. The van der Waals surface area contributed by atoms with Gasteiger partial charge in [0.05, 0.1) is 17.7 Å². The van der Waals surface area contributed by atoms with E-state index in [9.17, 15) is 14.9 Å². The molecule has 7 heteroatoms. The first-order valence-electron chi connectivity index (χ1n) is 7.33. The van der Waals surface area contributed by atoms with Gasteiger partial charge in [0, 0.05) is 23.4 Å². The first kappa shape index (κ1) is 17.1. The fourth-order valence-corrected chi connectivity index (χ4v) is 2.12. The summed E-state index contributed by atoms with van der Waals surface area (Å²) in [6, 6.07) is 11.9. The summed E-state index contributed by atoms with van der Waals surface area (Å²) in [7, 11) is 0. The van der Waals surface area contributed by atoms with E-state index in [1.54, 1.807) is 12.1 Å². The Hall–Kier alpha value is -3.22. The molecule has 2 aromatic rings. The van der Waals surface area contributed by atoms with Gasteiger partial charge in [-0.25, -0.2) is 5.43 Å². The predicted molar refractivity (Wildman–Crippen MR) is 93.2 cm³/mol. The van der Waals surface area contributed by atoms with Crippen molar-refractivity contribution in [2.75, 3.05) is 11.9 Å². The average molecular weight is 326 g/mol. The molecule has 0 aliphatic carbocycles. The van der Waals surface area contributed by atoms with Gasteiger partial charge in [-0.2, -0.15) is 5.10 Å². The van der Waals surface area contributed by atoms with Crippen LogP contribution >= 0.6 is 0 Å². The van der Waals surface area contributed by atoms with Crippen LogP contribution in [0.5, 0.6) is 0 Å². The Morgan fingerprint density at radius 1 is 1.25 bits per heavy atom. The normalized spacial score (nSPS) is 10.6. The molecule has 0 saturated carbocycles. The monoisotopic (exact) mass is 326 g/mol. The molecule has 0 aliphatic heterocycles. The predicted octanol–water partition coefficient (Wildman–Crippen LogP) is 2.77. The fourth-order valence-electron chi connectivity index (χ4n) is 2.12. The van der Waals surface area contributed by atoms with Crippen LogP contribution in [0.3, 0.4) is 0 Å². The lowest BCUT2D eigenvalue weighted by Crippen LogP contribution is -2.26. The first-order valence-corrected chi connectivity index (χ1v) is 7.33. The third kappa shape index (κ3) is 4.91. The second-order valence-electron chi connectivity index (χ2n) is 5.32. The van der Waals surface area contributed by atoms with Crippen LogP contribution in [0, 0.1) is 24.0 Å². The number of aryl methyl sites for hydroxylation is 2. The molecule has 7 nitrogen and oxygen atoms in total. The number of hydrogen-bond donors (Lipinski definition) is 2. The smallest absolute Gasteiger partial charge is 0.270 e. The van der Waals surface area contributed by atoms with Crippen molar-refractivity contribution >= 4 is 23.5 Å². The van der Waals surface area contributed by atoms with E-state index in [0.717, 1.165) is 16.8 Å². The van der Waals surface area contributed by atoms with E-state index in [1.165, 1.54) is 18.3 Å². The molecule has 2 rings (SSSR count). The molecule has 0 fully saturated rings. The van der Waals surface area contributed by atoms with Gasteiger partial charge in [0.15, 0.2) is 0 Å². The van der Waals surface area contributed by atoms with Crippen molar-refractivity contribution in [3.63, 3.8) is 0 Å². The maximum Gasteiger partial charge on any atom is 0.270 e. The summed E-state index contributed by atoms with van der Waals surface area (Å²) in [5.74, 6) is -0.309. The summed E-state index contributed by atoms with van der Waals surface area (Å²) in [6.45, 7) is 4.05. The minimum absolute atomic E-state index is 0.0261. The first-order chi connectivity index (χ1) is 11.5. The van der Waals surface area contributed by atoms with Crippen LogP contribution in [0.25, 0.3) is 0 Å². The fraction of sp³-hybridized carbons (Fsp3) is 0.176. The van der Waals surface area contributed by atoms with E-state index in [0.29, 0.717) is 5.56 Å². The highest BCUT2D eigenvalue weighted by Gasteiger charge is 2.05. The van der Waals surface area contributed by atoms with Crippen LogP contribution in [0.1, 0.15) is 16.7 Å². The number of rotatable bonds is 6. The molecule has 0 aromatic heterocycles. The van der Waals surface area contributed by atoms with Crippen molar-refractivity contribution in [3.8, 4) is 0 Å². The summed E-state index contributed by atoms with van der Waals surface area (Å²) in [4.78, 5) is 22.0. The molecule has 124 valence electrons. The topological polar surface area (TPSA) is 96.6 Å². The van der Waals surface area contributed by atoms with Gasteiger partial charge in [0.2, 0.25) is 0 Å². The number of hydrazone groups is 1. The minimum Gasteiger partial charge on any atom is -0.376 e. The quantitative estimate of drug-likeness (QED) is 0.484. The summed E-state index contributed by atoms with van der Waals surface area (Å²) in [6.07, 6.45) is 1.36. The highest BCUT2D eigenvalue weighted by atomic mass is 16.6. The van der Waals surface area contributed by atoms with Crippen molar-refractivity contribution in [1.29, 1.82) is 0 Å². The Labute approximate surface area is 139 Å². The number of nitrogens with one attached hydrogen (secondary N) is 2. The van der Waals surface area contributed by atoms with Crippen LogP contribution in [-0.4, -0.2) is 23.6 Å². The van der Waals surface area contributed by atoms with Crippen LogP contribution in [0.4, 0.5) is 11.4 Å². The summed E-state index contributed by atoms with van der Waals surface area (Å²) in [5.41, 5.74) is 5.99. The number of amides is 1. The molecule has 0 radical (unpaired) electrons. The van der Waals surface area contributed by atoms with Crippen LogP contribution in [-0.2, 0) is 4.79 Å². The number of carbonyl (C=O) groups is 1. The van der Waals surface area contributed by atoms with E-state index in [2.05, 4.69) is 15.8 Å². The van der Waals surface area contributed by atoms with Gasteiger partial charge in [-0.1, -0.05) is 29.8 Å². The summed E-state index contributed by atoms with van der Waals surface area (Å²) < 4.78 is 0. The van der Waals surface area contributed by atoms with Gasteiger partial charge < -0.3 is 5.32 Å². The lowest BCUT2D eigenvalue weighted by Gasteiger charge is -2.09. The van der Waals surface area contributed by atoms with Crippen molar-refractivity contribution in [3.05, 3.63) is 69.3 Å². The molecule has 24 heavy (non-hydrogen) atoms. The van der Waals surface area contributed by atoms with E-state index >= 15 is 0 Å². The van der Waals surface area contributed by atoms with E-state index in [1.807, 2.05) is 32.0 Å². The lowest BCUT2D eigenvalue weighted by atomic mass is 10.1. The number of carbonyl (C=O) groups excluding carboxylic acids is 1. The van der Waals surface area contributed by atoms with E-state index in [4.69, 9.17) is 0 Å². The standard InChI is InChI=1S/C17H18N4O3/c1-12-6-7-16(13(2)8-12)18-11-17(22)20-19-10-14-4-3-5-15(9-14)21(23)24/h3-10,18H,11H2,1-2H3,(H,20,22)/b19-10-. The largest absolute Gasteiger partial charge is 0.376 e. The number of benzene rings is 2. The Morgan fingerprint density at radius 3 is 2.75 bits per heavy atom. The summed E-state index contributed by atoms with van der Waals surface area (Å²) >= 11 is 0. The van der Waals surface area contributed by atoms with Crippen molar-refractivity contribution in [1.82, 2.24) is 5.43 Å². The Kier molecular flexibility index (Phi) is 5.62. The van der Waals surface area contributed by atoms with Gasteiger partial charge >= 0.3 is 0 Å². The number of nitrogens with zero attached hydrogens (tertiary/aromatic N) is 2. The van der Waals surface area contributed by atoms with Gasteiger partial charge in [-0.15, -0.1) is 0 Å². The molecule has 0 saturated heterocycles. The molecule has 0 spiro atoms. The summed E-state index contributed by atoms with van der Waals surface area (Å²) in [5, 5.41) is 17.5. The highest BCUT2D eigenvalue weighted by molar-refractivity contribution is 5.84. The Bertz CT molecular complexity index is 787. The van der Waals surface area contributed by atoms with Crippen molar-refractivity contribution < 1.29 is 9.72 Å². The molecular weight excluding hydrogens is 308 g/mol. The van der Waals surface area contributed by atoms with Crippen molar-refractivity contribution in [2.24, 2.45) is 5.10 Å². The molecule has 2 aromatic carbocycles. The maximum atomic E-state index is 11.8. The zero-order chi connectivity index (χ0) is 17.5. The van der Waals surface area contributed by atoms with Crippen LogP contribution in [0.15, 0.2) is 47.6 Å². The van der Waals surface area contributed by atoms with E-state index < -0.39 is 4.92 Å². The SMILES string of the molecule is Cc1ccc(NCC(=O)N/N=C\c2cccc([N+](=O)[O-])c2)c(C)c1. The van der Waals surface area contributed by atoms with Crippen LogP contribution < -0.4 is 10.7 Å². The average Bonchev–Trinajstić information content (AvgIpc) is 2.54. The molecule has 0 aliphatic rings. The van der Waals surface area contributed by atoms with E-state index in [-0.39, 0.29) is 18.1 Å². The number of nitro benzene ring substituents is 1. The zero-order valence-corrected chi connectivity index (χ0v) is 13.4. The zero-order valence-electron chi connectivity index (χ0n) is 13.4. The number of nitro groups is 1.